The summed E-state index contributed by atoms with van der Waals surface area (Å²) in [7, 11) is 2.15. The third-order valence-electron chi connectivity index (χ3n) is 6.27. The number of carbonyl (C=O) groups is 1. The van der Waals surface area contributed by atoms with Crippen LogP contribution in [0.15, 0.2) is 12.1 Å². The molecule has 0 radical (unpaired) electrons. The van der Waals surface area contributed by atoms with Gasteiger partial charge in [-0.1, -0.05) is 27.7 Å². The van der Waals surface area contributed by atoms with Gasteiger partial charge in [0.2, 0.25) is 5.91 Å². The second-order valence-electron chi connectivity index (χ2n) is 8.84. The van der Waals surface area contributed by atoms with E-state index in [-0.39, 0.29) is 17.9 Å². The molecule has 1 fully saturated rings. The van der Waals surface area contributed by atoms with Crippen molar-refractivity contribution < 1.29 is 9.53 Å². The molecule has 2 heterocycles. The number of nitrogens with zero attached hydrogens (tertiary/aromatic N) is 2. The molecule has 2 aliphatic heterocycles. The Kier molecular flexibility index (Phi) is 4.97. The van der Waals surface area contributed by atoms with Gasteiger partial charge < -0.3 is 20.3 Å². The van der Waals surface area contributed by atoms with E-state index in [4.69, 9.17) is 15.9 Å². The molecule has 0 spiro atoms. The number of fused-ring (bicyclic) bond motifs is 1. The lowest BCUT2D eigenvalue weighted by Crippen LogP contribution is -2.55. The lowest BCUT2D eigenvalue weighted by Gasteiger charge is -2.51. The van der Waals surface area contributed by atoms with Gasteiger partial charge in [-0.3, -0.25) is 10.2 Å². The number of hydrogen-bond acceptors (Lipinski definition) is 4. The first-order valence-corrected chi connectivity index (χ1v) is 9.70. The SMILES string of the molecule is CC(C)c1cc2c(cc1[C@@H](C)C1(C)CN(C)C1)N([C@H](C)C(N)=O)C(=N)CO2. The van der Waals surface area contributed by atoms with Crippen LogP contribution in [-0.2, 0) is 4.79 Å². The average Bonchev–Trinajstić information content (AvgIpc) is 2.57. The molecule has 3 rings (SSSR count). The van der Waals surface area contributed by atoms with Gasteiger partial charge >= 0.3 is 0 Å². The van der Waals surface area contributed by atoms with E-state index in [2.05, 4.69) is 51.8 Å². The van der Waals surface area contributed by atoms with Gasteiger partial charge in [-0.05, 0) is 54.5 Å². The lowest BCUT2D eigenvalue weighted by atomic mass is 9.67. The van der Waals surface area contributed by atoms with Crippen molar-refractivity contribution in [1.29, 1.82) is 5.41 Å². The molecular formula is C21H32N4O2. The largest absolute Gasteiger partial charge is 0.484 e. The number of nitrogens with two attached hydrogens (primary N) is 1. The first-order chi connectivity index (χ1) is 12.5. The maximum atomic E-state index is 11.8. The van der Waals surface area contributed by atoms with Gasteiger partial charge in [0, 0.05) is 13.1 Å². The first-order valence-electron chi connectivity index (χ1n) is 9.70. The van der Waals surface area contributed by atoms with Gasteiger partial charge in [-0.2, -0.15) is 0 Å². The number of likely N-dealkylation sites (tertiary alicyclic amines) is 1. The molecule has 148 valence electrons. The fourth-order valence-corrected chi connectivity index (χ4v) is 4.55. The second kappa shape index (κ2) is 6.82. The van der Waals surface area contributed by atoms with Crippen molar-refractivity contribution in [1.82, 2.24) is 4.90 Å². The summed E-state index contributed by atoms with van der Waals surface area (Å²) in [6.07, 6.45) is 0. The number of rotatable bonds is 5. The van der Waals surface area contributed by atoms with E-state index in [1.54, 1.807) is 11.8 Å². The maximum Gasteiger partial charge on any atom is 0.240 e. The molecule has 0 saturated carbocycles. The Labute approximate surface area is 162 Å². The number of ether oxygens (including phenoxy) is 1. The zero-order chi connectivity index (χ0) is 20.1. The topological polar surface area (TPSA) is 82.7 Å². The van der Waals surface area contributed by atoms with E-state index >= 15 is 0 Å². The minimum absolute atomic E-state index is 0.152. The van der Waals surface area contributed by atoms with Crippen LogP contribution in [0.25, 0.3) is 0 Å². The third-order valence-corrected chi connectivity index (χ3v) is 6.27. The van der Waals surface area contributed by atoms with Crippen molar-refractivity contribution in [2.45, 2.75) is 52.5 Å². The fraction of sp³-hybridized carbons (Fsp3) is 0.619. The van der Waals surface area contributed by atoms with Crippen molar-refractivity contribution in [2.75, 3.05) is 31.6 Å². The number of hydrogen-bond donors (Lipinski definition) is 2. The minimum Gasteiger partial charge on any atom is -0.484 e. The Hall–Kier alpha value is -2.08. The number of benzene rings is 1. The molecule has 0 aromatic heterocycles. The predicted molar refractivity (Wildman–Crippen MR) is 109 cm³/mol. The maximum absolute atomic E-state index is 11.8. The summed E-state index contributed by atoms with van der Waals surface area (Å²) in [5.41, 5.74) is 9.10. The summed E-state index contributed by atoms with van der Waals surface area (Å²) in [5, 5.41) is 8.30. The molecule has 1 aromatic rings. The summed E-state index contributed by atoms with van der Waals surface area (Å²) in [5.74, 6) is 1.27. The molecule has 1 aromatic carbocycles. The van der Waals surface area contributed by atoms with Crippen molar-refractivity contribution in [3.63, 3.8) is 0 Å². The van der Waals surface area contributed by atoms with Gasteiger partial charge in [-0.15, -0.1) is 0 Å². The highest BCUT2D eigenvalue weighted by Gasteiger charge is 2.43. The highest BCUT2D eigenvalue weighted by molar-refractivity contribution is 6.05. The minimum atomic E-state index is -0.585. The van der Waals surface area contributed by atoms with E-state index in [1.807, 2.05) is 0 Å². The zero-order valence-electron chi connectivity index (χ0n) is 17.3. The summed E-state index contributed by atoms with van der Waals surface area (Å²) in [6, 6.07) is 3.65. The van der Waals surface area contributed by atoms with Gasteiger partial charge in [0.05, 0.1) is 5.69 Å². The predicted octanol–water partition coefficient (Wildman–Crippen LogP) is 2.92. The van der Waals surface area contributed by atoms with Crippen molar-refractivity contribution in [2.24, 2.45) is 11.1 Å². The number of nitrogens with one attached hydrogen (secondary N) is 1. The van der Waals surface area contributed by atoms with Gasteiger partial charge in [0.1, 0.15) is 24.2 Å². The summed E-state index contributed by atoms with van der Waals surface area (Å²) < 4.78 is 5.84. The van der Waals surface area contributed by atoms with Crippen LogP contribution in [0.3, 0.4) is 0 Å². The molecule has 0 bridgehead atoms. The average molecular weight is 373 g/mol. The molecule has 2 atom stereocenters. The molecule has 0 aliphatic carbocycles. The highest BCUT2D eigenvalue weighted by atomic mass is 16.5. The first kappa shape index (κ1) is 19.7. The molecule has 6 heteroatoms. The standard InChI is InChI=1S/C21H32N4O2/c1-12(2)15-8-18-17(25(14(4)20(23)26)19(22)9-27-18)7-16(15)13(3)21(5)10-24(6)11-21/h7-8,12-14,22H,9-11H2,1-6H3,(H2,23,26)/t13-,14-/m1/s1. The number of anilines is 1. The summed E-state index contributed by atoms with van der Waals surface area (Å²) >= 11 is 0. The zero-order valence-corrected chi connectivity index (χ0v) is 17.3. The number of carbonyl (C=O) groups excluding carboxylic acids is 1. The molecule has 1 saturated heterocycles. The van der Waals surface area contributed by atoms with Crippen LogP contribution >= 0.6 is 0 Å². The van der Waals surface area contributed by atoms with Crippen molar-refractivity contribution >= 4 is 17.4 Å². The Morgan fingerprint density at radius 1 is 1.22 bits per heavy atom. The molecule has 1 amide bonds. The van der Waals surface area contributed by atoms with E-state index in [0.717, 1.165) is 24.5 Å². The van der Waals surface area contributed by atoms with Crippen molar-refractivity contribution in [3.8, 4) is 5.75 Å². The highest BCUT2D eigenvalue weighted by Crippen LogP contribution is 2.47. The van der Waals surface area contributed by atoms with Crippen LogP contribution < -0.4 is 15.4 Å². The number of amides is 1. The van der Waals surface area contributed by atoms with E-state index in [0.29, 0.717) is 11.8 Å². The molecular weight excluding hydrogens is 340 g/mol. The number of primary amides is 1. The molecule has 2 aliphatic rings. The Morgan fingerprint density at radius 3 is 2.37 bits per heavy atom. The quantitative estimate of drug-likeness (QED) is 0.832. The Balaban J connectivity index is 2.11. The molecule has 0 unspecified atom stereocenters. The normalized spacial score (nSPS) is 21.3. The third kappa shape index (κ3) is 3.31. The Bertz CT molecular complexity index is 768. The summed E-state index contributed by atoms with van der Waals surface area (Å²) in [4.78, 5) is 15.9. The monoisotopic (exact) mass is 372 g/mol. The van der Waals surface area contributed by atoms with Crippen LogP contribution in [0.4, 0.5) is 5.69 Å². The van der Waals surface area contributed by atoms with E-state index in [1.165, 1.54) is 11.1 Å². The second-order valence-corrected chi connectivity index (χ2v) is 8.84. The van der Waals surface area contributed by atoms with E-state index in [9.17, 15) is 4.79 Å². The molecule has 27 heavy (non-hydrogen) atoms. The van der Waals surface area contributed by atoms with Crippen LogP contribution in [0.2, 0.25) is 0 Å². The van der Waals surface area contributed by atoms with Gasteiger partial charge in [0.15, 0.2) is 0 Å². The Morgan fingerprint density at radius 2 is 1.85 bits per heavy atom. The van der Waals surface area contributed by atoms with Gasteiger partial charge in [-0.25, -0.2) is 0 Å². The van der Waals surface area contributed by atoms with Crippen LogP contribution in [0.5, 0.6) is 5.75 Å². The molecule has 3 N–H and O–H groups in total. The van der Waals surface area contributed by atoms with Crippen LogP contribution in [0, 0.1) is 10.8 Å². The lowest BCUT2D eigenvalue weighted by molar-refractivity contribution is -0.118. The van der Waals surface area contributed by atoms with Crippen LogP contribution in [-0.4, -0.2) is 49.4 Å². The van der Waals surface area contributed by atoms with Crippen molar-refractivity contribution in [3.05, 3.63) is 23.3 Å². The smallest absolute Gasteiger partial charge is 0.240 e. The van der Waals surface area contributed by atoms with Gasteiger partial charge in [0.25, 0.3) is 0 Å². The number of amidine groups is 1. The fourth-order valence-electron chi connectivity index (χ4n) is 4.55. The molecule has 6 nitrogen and oxygen atoms in total. The van der Waals surface area contributed by atoms with Crippen LogP contribution in [0.1, 0.15) is 57.6 Å². The van der Waals surface area contributed by atoms with E-state index < -0.39 is 11.9 Å². The summed E-state index contributed by atoms with van der Waals surface area (Å²) in [6.45, 7) is 13.0.